The fraction of sp³-hybridized carbons (Fsp3) is 0.519. The van der Waals surface area contributed by atoms with Crippen LogP contribution in [0.15, 0.2) is 65.8 Å². The third-order valence-electron chi connectivity index (χ3n) is 7.00. The molecule has 0 saturated carbocycles. The van der Waals surface area contributed by atoms with Crippen molar-refractivity contribution in [1.82, 2.24) is 0 Å². The number of carboxylic acids is 1. The number of carboxylic acid groups (broad SMARTS) is 1. The molecule has 13 nitrogen and oxygen atoms in total. The number of carbonyl (C=O) groups is 1. The molecule has 13 heteroatoms. The zero-order chi connectivity index (χ0) is 28.6. The van der Waals surface area contributed by atoms with Crippen molar-refractivity contribution in [1.29, 1.82) is 0 Å². The molecule has 0 bridgehead atoms. The van der Waals surface area contributed by atoms with Gasteiger partial charge in [0.15, 0.2) is 18.7 Å². The molecule has 2 aliphatic rings. The lowest BCUT2D eigenvalue weighted by Gasteiger charge is -2.47. The molecular formula is C27H33N3O10. The van der Waals surface area contributed by atoms with Crippen LogP contribution in [0.5, 0.6) is 0 Å². The molecule has 2 aromatic carbocycles. The Kier molecular flexibility index (Phi) is 10.5. The fourth-order valence-corrected chi connectivity index (χ4v) is 4.85. The van der Waals surface area contributed by atoms with Gasteiger partial charge in [0.1, 0.15) is 24.4 Å². The maximum absolute atomic E-state index is 11.9. The first-order valence-electron chi connectivity index (χ1n) is 12.9. The fourth-order valence-electron chi connectivity index (χ4n) is 4.85. The van der Waals surface area contributed by atoms with Crippen LogP contribution in [0.1, 0.15) is 18.1 Å². The Balaban J connectivity index is 1.50. The summed E-state index contributed by atoms with van der Waals surface area (Å²) in [5.74, 6) is -2.11. The summed E-state index contributed by atoms with van der Waals surface area (Å²) in [5, 5.41) is 45.3. The summed E-state index contributed by atoms with van der Waals surface area (Å²) in [4.78, 5) is 14.8. The molecule has 2 aromatic rings. The third-order valence-corrected chi connectivity index (χ3v) is 7.00. The van der Waals surface area contributed by atoms with Gasteiger partial charge in [0.2, 0.25) is 0 Å². The predicted octanol–water partition coefficient (Wildman–Crippen LogP) is 1.74. The number of benzene rings is 2. The first-order chi connectivity index (χ1) is 19.3. The van der Waals surface area contributed by atoms with E-state index in [0.717, 1.165) is 11.1 Å². The molecule has 40 heavy (non-hydrogen) atoms. The van der Waals surface area contributed by atoms with E-state index in [1.807, 2.05) is 36.4 Å². The predicted molar refractivity (Wildman–Crippen MR) is 137 cm³/mol. The van der Waals surface area contributed by atoms with E-state index in [1.54, 1.807) is 31.2 Å². The number of aliphatic hydroxyl groups excluding tert-OH is 3. The van der Waals surface area contributed by atoms with Crippen molar-refractivity contribution in [3.63, 3.8) is 0 Å². The summed E-state index contributed by atoms with van der Waals surface area (Å²) in [6, 6.07) is 17.3. The zero-order valence-corrected chi connectivity index (χ0v) is 21.7. The lowest BCUT2D eigenvalue weighted by molar-refractivity contribution is -0.341. The second-order valence-corrected chi connectivity index (χ2v) is 9.68. The van der Waals surface area contributed by atoms with Gasteiger partial charge in [-0.15, -0.1) is 0 Å². The molecule has 4 rings (SSSR count). The minimum Gasteiger partial charge on any atom is -0.479 e. The molecule has 5 unspecified atom stereocenters. The highest BCUT2D eigenvalue weighted by Gasteiger charge is 2.52. The number of nitrogens with zero attached hydrogens (tertiary/aromatic N) is 3. The van der Waals surface area contributed by atoms with Crippen LogP contribution in [0.3, 0.4) is 0 Å². The van der Waals surface area contributed by atoms with Crippen LogP contribution in [-0.2, 0) is 41.7 Å². The molecule has 2 aliphatic heterocycles. The number of ether oxygens (including phenoxy) is 5. The van der Waals surface area contributed by atoms with Crippen LogP contribution in [0.25, 0.3) is 10.4 Å². The zero-order valence-electron chi connectivity index (χ0n) is 21.7. The average Bonchev–Trinajstić information content (AvgIpc) is 2.96. The topological polar surface area (TPSA) is 193 Å². The highest BCUT2D eigenvalue weighted by atomic mass is 16.7. The van der Waals surface area contributed by atoms with Gasteiger partial charge in [-0.1, -0.05) is 72.7 Å². The molecule has 0 radical (unpaired) electrons. The first-order valence-corrected chi connectivity index (χ1v) is 12.9. The van der Waals surface area contributed by atoms with E-state index in [1.165, 1.54) is 0 Å². The Morgan fingerprint density at radius 3 is 2.08 bits per heavy atom. The summed E-state index contributed by atoms with van der Waals surface area (Å²) in [6.07, 6.45) is -11.1. The standard InChI is InChI=1S/C27H33N3O10/c1-15-19(29-30-28)26(37-14-17-10-6-3-7-11-17)38-18(12-31)22(15)39-27-21(33)23(20(32)24(40-27)25(34)35)36-13-16-8-4-2-5-9-16/h2-11,15,18-24,26-27,31-33H,12-14H2,1H3,(H,34,35)/t15-,18?,19?,20+,21+,22+,23?,24?,26?,27-/m1/s1. The van der Waals surface area contributed by atoms with E-state index in [2.05, 4.69) is 10.0 Å². The van der Waals surface area contributed by atoms with Gasteiger partial charge in [-0.05, 0) is 22.6 Å². The quantitative estimate of drug-likeness (QED) is 0.179. The van der Waals surface area contributed by atoms with Gasteiger partial charge >= 0.3 is 5.97 Å². The Bertz CT molecular complexity index is 1140. The molecule has 216 valence electrons. The van der Waals surface area contributed by atoms with Crippen LogP contribution in [0.2, 0.25) is 0 Å². The van der Waals surface area contributed by atoms with Crippen molar-refractivity contribution in [3.05, 3.63) is 82.2 Å². The number of aliphatic hydroxyl groups is 3. The van der Waals surface area contributed by atoms with Crippen LogP contribution >= 0.6 is 0 Å². The van der Waals surface area contributed by atoms with Gasteiger partial charge in [0.25, 0.3) is 0 Å². The average molecular weight is 560 g/mol. The maximum atomic E-state index is 11.9. The molecular weight excluding hydrogens is 526 g/mol. The van der Waals surface area contributed by atoms with Crippen molar-refractivity contribution >= 4 is 5.97 Å². The van der Waals surface area contributed by atoms with Crippen molar-refractivity contribution in [2.75, 3.05) is 6.61 Å². The van der Waals surface area contributed by atoms with Gasteiger partial charge in [0.05, 0.1) is 32.0 Å². The van der Waals surface area contributed by atoms with Crippen molar-refractivity contribution in [2.45, 2.75) is 75.4 Å². The molecule has 10 atom stereocenters. The number of hydrogen-bond acceptors (Lipinski definition) is 10. The molecule has 2 saturated heterocycles. The highest BCUT2D eigenvalue weighted by Crippen LogP contribution is 2.35. The van der Waals surface area contributed by atoms with Crippen LogP contribution in [0, 0.1) is 5.92 Å². The SMILES string of the molecule is C[C@@H]1C(N=[N+]=[N-])C(OCc2ccccc2)OC(CO)[C@H]1O[C@@H]1OC(C(=O)O)[C@@H](O)C(OCc2ccccc2)[C@@H]1O. The summed E-state index contributed by atoms with van der Waals surface area (Å²) >= 11 is 0. The van der Waals surface area contributed by atoms with Crippen LogP contribution in [0.4, 0.5) is 0 Å². The Morgan fingerprint density at radius 2 is 1.52 bits per heavy atom. The largest absolute Gasteiger partial charge is 0.479 e. The molecule has 0 aromatic heterocycles. The Morgan fingerprint density at radius 1 is 0.925 bits per heavy atom. The highest BCUT2D eigenvalue weighted by molar-refractivity contribution is 5.73. The number of aliphatic carboxylic acids is 1. The third kappa shape index (κ3) is 6.96. The Hall–Kier alpha value is -3.10. The van der Waals surface area contributed by atoms with E-state index in [-0.39, 0.29) is 13.2 Å². The van der Waals surface area contributed by atoms with Gasteiger partial charge in [-0.3, -0.25) is 0 Å². The van der Waals surface area contributed by atoms with E-state index < -0.39 is 73.7 Å². The number of rotatable bonds is 11. The maximum Gasteiger partial charge on any atom is 0.335 e. The number of hydrogen-bond donors (Lipinski definition) is 4. The van der Waals surface area contributed by atoms with Gasteiger partial charge in [-0.25, -0.2) is 4.79 Å². The minimum absolute atomic E-state index is 0.0136. The molecule has 0 aliphatic carbocycles. The van der Waals surface area contributed by atoms with E-state index in [0.29, 0.717) is 0 Å². The van der Waals surface area contributed by atoms with Crippen LogP contribution in [-0.4, -0.2) is 88.2 Å². The van der Waals surface area contributed by atoms with Crippen molar-refractivity contribution in [3.8, 4) is 0 Å². The van der Waals surface area contributed by atoms with Gasteiger partial charge in [0, 0.05) is 4.91 Å². The summed E-state index contributed by atoms with van der Waals surface area (Å²) in [6.45, 7) is 1.31. The number of azide groups is 1. The summed E-state index contributed by atoms with van der Waals surface area (Å²) in [5.41, 5.74) is 10.8. The van der Waals surface area contributed by atoms with E-state index in [4.69, 9.17) is 23.7 Å². The monoisotopic (exact) mass is 559 g/mol. The molecule has 2 fully saturated rings. The minimum atomic E-state index is -1.77. The van der Waals surface area contributed by atoms with E-state index >= 15 is 0 Å². The first kappa shape index (κ1) is 29.9. The molecule has 0 spiro atoms. The molecule has 0 amide bonds. The Labute approximate surface area is 230 Å². The van der Waals surface area contributed by atoms with Gasteiger partial charge < -0.3 is 44.1 Å². The van der Waals surface area contributed by atoms with Crippen LogP contribution < -0.4 is 0 Å². The normalized spacial score (nSPS) is 34.1. The van der Waals surface area contributed by atoms with E-state index in [9.17, 15) is 30.8 Å². The second-order valence-electron chi connectivity index (χ2n) is 9.68. The van der Waals surface area contributed by atoms with Crippen molar-refractivity contribution in [2.24, 2.45) is 11.0 Å². The van der Waals surface area contributed by atoms with Gasteiger partial charge in [-0.2, -0.15) is 0 Å². The smallest absolute Gasteiger partial charge is 0.335 e. The summed E-state index contributed by atoms with van der Waals surface area (Å²) in [7, 11) is 0. The van der Waals surface area contributed by atoms with Crippen molar-refractivity contribution < 1.29 is 48.9 Å². The lowest BCUT2D eigenvalue weighted by atomic mass is 9.88. The second kappa shape index (κ2) is 14.0. The molecule has 2 heterocycles. The molecule has 4 N–H and O–H groups in total. The summed E-state index contributed by atoms with van der Waals surface area (Å²) < 4.78 is 29.0. The lowest BCUT2D eigenvalue weighted by Crippen LogP contribution is -2.63.